The Hall–Kier alpha value is -1.79. The Bertz CT molecular complexity index is 419. The van der Waals surface area contributed by atoms with E-state index in [-0.39, 0.29) is 18.1 Å². The highest BCUT2D eigenvalue weighted by Crippen LogP contribution is 2.40. The normalized spacial score (nSPS) is 15.9. The Morgan fingerprint density at radius 1 is 1.25 bits per heavy atom. The van der Waals surface area contributed by atoms with E-state index in [2.05, 4.69) is 5.18 Å². The molecule has 86 valence electrons. The van der Waals surface area contributed by atoms with Gasteiger partial charge in [-0.25, -0.2) is 0 Å². The van der Waals surface area contributed by atoms with E-state index in [0.717, 1.165) is 12.1 Å². The van der Waals surface area contributed by atoms with Gasteiger partial charge in [0.2, 0.25) is 12.8 Å². The summed E-state index contributed by atoms with van der Waals surface area (Å²) in [5.74, 6) is 0.547. The van der Waals surface area contributed by atoms with Crippen LogP contribution < -0.4 is 9.47 Å². The third-order valence-corrected chi connectivity index (χ3v) is 2.13. The van der Waals surface area contributed by atoms with Crippen LogP contribution in [0, 0.1) is 4.91 Å². The van der Waals surface area contributed by atoms with Crippen molar-refractivity contribution in [3.8, 4) is 11.5 Å². The van der Waals surface area contributed by atoms with Crippen molar-refractivity contribution >= 4 is 0 Å². The van der Waals surface area contributed by atoms with E-state index in [1.807, 2.05) is 0 Å². The summed E-state index contributed by atoms with van der Waals surface area (Å²) >= 11 is 0. The minimum absolute atomic E-state index is 0.0377. The van der Waals surface area contributed by atoms with E-state index >= 15 is 0 Å². The molecule has 0 N–H and O–H groups in total. The zero-order valence-corrected chi connectivity index (χ0v) is 7.82. The van der Waals surface area contributed by atoms with Gasteiger partial charge in [0, 0.05) is 0 Å². The van der Waals surface area contributed by atoms with E-state index in [0.29, 0.717) is 5.75 Å². The maximum Gasteiger partial charge on any atom is 0.418 e. The summed E-state index contributed by atoms with van der Waals surface area (Å²) in [7, 11) is 0. The van der Waals surface area contributed by atoms with Gasteiger partial charge in [0.1, 0.15) is 0 Å². The molecule has 1 aliphatic heterocycles. The van der Waals surface area contributed by atoms with Crippen molar-refractivity contribution in [1.29, 1.82) is 0 Å². The Kier molecular flexibility index (Phi) is 2.45. The summed E-state index contributed by atoms with van der Waals surface area (Å²) < 4.78 is 47.0. The molecule has 1 unspecified atom stereocenters. The van der Waals surface area contributed by atoms with Crippen LogP contribution in [0.25, 0.3) is 0 Å². The number of fused-ring (bicyclic) bond motifs is 1. The molecule has 0 spiro atoms. The Labute approximate surface area is 87.9 Å². The molecule has 0 fully saturated rings. The second kappa shape index (κ2) is 3.66. The first-order valence-corrected chi connectivity index (χ1v) is 4.31. The molecule has 0 amide bonds. The standard InChI is InChI=1S/C9H6F3NO3/c10-9(11,12)8(13-14)5-1-2-6-7(3-5)16-4-15-6/h1-3,8H,4H2. The molecule has 0 radical (unpaired) electrons. The maximum absolute atomic E-state index is 12.4. The summed E-state index contributed by atoms with van der Waals surface area (Å²) in [6.07, 6.45) is -4.70. The van der Waals surface area contributed by atoms with E-state index in [9.17, 15) is 18.1 Å². The zero-order valence-electron chi connectivity index (χ0n) is 7.82. The predicted octanol–water partition coefficient (Wildman–Crippen LogP) is 2.79. The minimum atomic E-state index is -4.70. The van der Waals surface area contributed by atoms with Gasteiger partial charge in [-0.05, 0) is 17.7 Å². The lowest BCUT2D eigenvalue weighted by atomic mass is 10.1. The van der Waals surface area contributed by atoms with Gasteiger partial charge in [0.15, 0.2) is 11.5 Å². The summed E-state index contributed by atoms with van der Waals surface area (Å²) in [5.41, 5.74) is -0.258. The Morgan fingerprint density at radius 2 is 1.94 bits per heavy atom. The van der Waals surface area contributed by atoms with Crippen LogP contribution in [-0.4, -0.2) is 13.0 Å². The van der Waals surface area contributed by atoms with Crippen molar-refractivity contribution in [2.24, 2.45) is 5.18 Å². The molecule has 1 aromatic rings. The molecule has 0 aliphatic carbocycles. The number of nitroso groups, excluding NO2 is 1. The minimum Gasteiger partial charge on any atom is -0.454 e. The van der Waals surface area contributed by atoms with Crippen molar-refractivity contribution in [2.45, 2.75) is 12.2 Å². The first-order chi connectivity index (χ1) is 7.52. The van der Waals surface area contributed by atoms with Gasteiger partial charge in [-0.15, -0.1) is 4.91 Å². The van der Waals surface area contributed by atoms with Crippen LogP contribution in [0.15, 0.2) is 23.4 Å². The quantitative estimate of drug-likeness (QED) is 0.738. The van der Waals surface area contributed by atoms with Crippen LogP contribution in [0.2, 0.25) is 0 Å². The highest BCUT2D eigenvalue weighted by Gasteiger charge is 2.42. The zero-order chi connectivity index (χ0) is 11.8. The number of rotatable bonds is 2. The molecule has 0 bridgehead atoms. The van der Waals surface area contributed by atoms with Crippen molar-refractivity contribution < 1.29 is 22.6 Å². The average molecular weight is 233 g/mol. The number of hydrogen-bond donors (Lipinski definition) is 0. The Balaban J connectivity index is 2.36. The van der Waals surface area contributed by atoms with Gasteiger partial charge in [0.25, 0.3) is 0 Å². The number of alkyl halides is 3. The SMILES string of the molecule is O=NC(c1ccc2c(c1)OCO2)C(F)(F)F. The molecule has 0 aromatic heterocycles. The maximum atomic E-state index is 12.4. The topological polar surface area (TPSA) is 47.9 Å². The number of benzene rings is 1. The third kappa shape index (κ3) is 1.80. The molecule has 2 rings (SSSR count). The fourth-order valence-corrected chi connectivity index (χ4v) is 1.39. The lowest BCUT2D eigenvalue weighted by Crippen LogP contribution is -2.18. The van der Waals surface area contributed by atoms with Crippen LogP contribution in [0.5, 0.6) is 11.5 Å². The molecule has 16 heavy (non-hydrogen) atoms. The van der Waals surface area contributed by atoms with Gasteiger partial charge in [-0.3, -0.25) is 0 Å². The van der Waals surface area contributed by atoms with Gasteiger partial charge >= 0.3 is 6.18 Å². The summed E-state index contributed by atoms with van der Waals surface area (Å²) in [4.78, 5) is 10.2. The highest BCUT2D eigenvalue weighted by atomic mass is 19.4. The molecular weight excluding hydrogens is 227 g/mol. The molecule has 1 heterocycles. The fourth-order valence-electron chi connectivity index (χ4n) is 1.39. The molecule has 7 heteroatoms. The highest BCUT2D eigenvalue weighted by molar-refractivity contribution is 5.45. The van der Waals surface area contributed by atoms with Crippen LogP contribution in [0.4, 0.5) is 13.2 Å². The van der Waals surface area contributed by atoms with Crippen LogP contribution in [0.1, 0.15) is 11.6 Å². The van der Waals surface area contributed by atoms with Crippen LogP contribution in [-0.2, 0) is 0 Å². The van der Waals surface area contributed by atoms with E-state index in [1.54, 1.807) is 0 Å². The second-order valence-corrected chi connectivity index (χ2v) is 3.16. The fraction of sp³-hybridized carbons (Fsp3) is 0.333. The molecule has 1 atom stereocenters. The number of halogens is 3. The first kappa shape index (κ1) is 10.7. The smallest absolute Gasteiger partial charge is 0.418 e. The van der Waals surface area contributed by atoms with Gasteiger partial charge in [0.05, 0.1) is 0 Å². The predicted molar refractivity (Wildman–Crippen MR) is 47.2 cm³/mol. The van der Waals surface area contributed by atoms with Crippen LogP contribution in [0.3, 0.4) is 0 Å². The van der Waals surface area contributed by atoms with Crippen molar-refractivity contribution in [3.63, 3.8) is 0 Å². The number of hydrogen-bond acceptors (Lipinski definition) is 4. The summed E-state index contributed by atoms with van der Waals surface area (Å²) in [5, 5.41) is 2.08. The second-order valence-electron chi connectivity index (χ2n) is 3.16. The van der Waals surface area contributed by atoms with E-state index < -0.39 is 12.2 Å². The van der Waals surface area contributed by atoms with Gasteiger partial charge in [-0.1, -0.05) is 11.2 Å². The lowest BCUT2D eigenvalue weighted by molar-refractivity contribution is -0.148. The van der Waals surface area contributed by atoms with Crippen LogP contribution >= 0.6 is 0 Å². The first-order valence-electron chi connectivity index (χ1n) is 4.31. The molecule has 1 aromatic carbocycles. The van der Waals surface area contributed by atoms with Crippen molar-refractivity contribution in [2.75, 3.05) is 6.79 Å². The monoisotopic (exact) mass is 233 g/mol. The van der Waals surface area contributed by atoms with Crippen molar-refractivity contribution in [1.82, 2.24) is 0 Å². The lowest BCUT2D eigenvalue weighted by Gasteiger charge is -2.13. The largest absolute Gasteiger partial charge is 0.454 e. The Morgan fingerprint density at radius 3 is 2.56 bits per heavy atom. The summed E-state index contributed by atoms with van der Waals surface area (Å²) in [6.45, 7) is -0.0377. The third-order valence-electron chi connectivity index (χ3n) is 2.13. The average Bonchev–Trinajstić information content (AvgIpc) is 2.63. The molecule has 1 aliphatic rings. The number of nitrogens with zero attached hydrogens (tertiary/aromatic N) is 1. The summed E-state index contributed by atoms with van der Waals surface area (Å²) in [6, 6.07) is 1.21. The molecule has 0 saturated carbocycles. The molecule has 0 saturated heterocycles. The van der Waals surface area contributed by atoms with Crippen molar-refractivity contribution in [3.05, 3.63) is 28.7 Å². The van der Waals surface area contributed by atoms with Gasteiger partial charge in [-0.2, -0.15) is 13.2 Å². The van der Waals surface area contributed by atoms with E-state index in [4.69, 9.17) is 9.47 Å². The van der Waals surface area contributed by atoms with Gasteiger partial charge < -0.3 is 9.47 Å². The molecule has 4 nitrogen and oxygen atoms in total. The van der Waals surface area contributed by atoms with E-state index in [1.165, 1.54) is 6.07 Å². The molecular formula is C9H6F3NO3. The number of ether oxygens (including phenoxy) is 2.